The Kier molecular flexibility index (Phi) is 6.96. The Morgan fingerprint density at radius 2 is 1.86 bits per heavy atom. The van der Waals surface area contributed by atoms with Gasteiger partial charge in [-0.3, -0.25) is 4.79 Å². The van der Waals surface area contributed by atoms with Gasteiger partial charge in [-0.1, -0.05) is 31.0 Å². The van der Waals surface area contributed by atoms with Gasteiger partial charge in [0, 0.05) is 17.1 Å². The third kappa shape index (κ3) is 6.22. The van der Waals surface area contributed by atoms with Gasteiger partial charge in [-0.15, -0.1) is 0 Å². The van der Waals surface area contributed by atoms with Gasteiger partial charge < -0.3 is 10.6 Å². The molecule has 1 amide bonds. The Morgan fingerprint density at radius 1 is 1.18 bits per heavy atom. The van der Waals surface area contributed by atoms with Gasteiger partial charge in [0.15, 0.2) is 0 Å². The van der Waals surface area contributed by atoms with Crippen molar-refractivity contribution in [2.75, 3.05) is 18.4 Å². The van der Waals surface area contributed by atoms with Crippen molar-refractivity contribution in [3.05, 3.63) is 24.3 Å². The molecular weight excluding hydrogens is 306 g/mol. The average Bonchev–Trinajstić information content (AvgIpc) is 2.53. The molecule has 3 nitrogen and oxygen atoms in total. The minimum Gasteiger partial charge on any atom is -0.376 e. The van der Waals surface area contributed by atoms with Crippen LogP contribution in [0.25, 0.3) is 0 Å². The number of hydrogen-bond donors (Lipinski definition) is 2. The fourth-order valence-corrected chi connectivity index (χ4v) is 3.15. The third-order valence-electron chi connectivity index (χ3n) is 3.85. The van der Waals surface area contributed by atoms with Gasteiger partial charge in [0.25, 0.3) is 5.76 Å². The number of halogens is 2. The van der Waals surface area contributed by atoms with E-state index in [2.05, 4.69) is 10.6 Å². The zero-order valence-corrected chi connectivity index (χ0v) is 13.3. The first-order valence-corrected chi connectivity index (χ1v) is 8.57. The van der Waals surface area contributed by atoms with Crippen LogP contribution in [0.2, 0.25) is 0 Å². The quantitative estimate of drug-likeness (QED) is 0.740. The molecule has 1 aliphatic carbocycles. The lowest BCUT2D eigenvalue weighted by atomic mass is 9.89. The fraction of sp³-hybridized carbons (Fsp3) is 0.562. The standard InChI is InChI=1S/C16H22F2N2OS/c17-16(18)22-14-8-6-13(7-9-14)19-11-15(21)20-10-12-4-2-1-3-5-12/h6-9,12,16,19H,1-5,10-11H2,(H,20,21). The van der Waals surface area contributed by atoms with E-state index in [1.54, 1.807) is 24.3 Å². The molecule has 2 rings (SSSR count). The number of rotatable bonds is 7. The molecule has 2 N–H and O–H groups in total. The van der Waals surface area contributed by atoms with Crippen LogP contribution in [0.5, 0.6) is 0 Å². The Hall–Kier alpha value is -1.30. The Balaban J connectivity index is 1.67. The van der Waals surface area contributed by atoms with Crippen molar-refractivity contribution in [2.24, 2.45) is 5.92 Å². The predicted octanol–water partition coefficient (Wildman–Crippen LogP) is 4.11. The van der Waals surface area contributed by atoms with Gasteiger partial charge in [0.1, 0.15) is 0 Å². The number of alkyl halides is 2. The van der Waals surface area contributed by atoms with E-state index in [1.165, 1.54) is 32.1 Å². The highest BCUT2D eigenvalue weighted by Gasteiger charge is 2.14. The molecule has 0 atom stereocenters. The number of anilines is 1. The zero-order valence-electron chi connectivity index (χ0n) is 12.5. The highest BCUT2D eigenvalue weighted by Crippen LogP contribution is 2.26. The van der Waals surface area contributed by atoms with Crippen LogP contribution in [0.3, 0.4) is 0 Å². The summed E-state index contributed by atoms with van der Waals surface area (Å²) < 4.78 is 24.4. The number of hydrogen-bond acceptors (Lipinski definition) is 3. The highest BCUT2D eigenvalue weighted by atomic mass is 32.2. The second-order valence-electron chi connectivity index (χ2n) is 5.56. The van der Waals surface area contributed by atoms with Crippen molar-refractivity contribution in [1.29, 1.82) is 0 Å². The molecule has 0 unspecified atom stereocenters. The number of benzene rings is 1. The van der Waals surface area contributed by atoms with Crippen LogP contribution in [-0.4, -0.2) is 24.8 Å². The normalized spacial score (nSPS) is 15.8. The van der Waals surface area contributed by atoms with Crippen LogP contribution in [0.1, 0.15) is 32.1 Å². The fourth-order valence-electron chi connectivity index (χ4n) is 2.65. The maximum Gasteiger partial charge on any atom is 0.288 e. The minimum absolute atomic E-state index is 0.0309. The summed E-state index contributed by atoms with van der Waals surface area (Å²) in [5, 5.41) is 5.96. The molecule has 1 aliphatic rings. The van der Waals surface area contributed by atoms with Gasteiger partial charge in [0.05, 0.1) is 6.54 Å². The number of nitrogens with one attached hydrogen (secondary N) is 2. The molecule has 1 aromatic rings. The summed E-state index contributed by atoms with van der Waals surface area (Å²) in [6.45, 7) is 0.957. The molecule has 122 valence electrons. The zero-order chi connectivity index (χ0) is 15.8. The Morgan fingerprint density at radius 3 is 2.50 bits per heavy atom. The second kappa shape index (κ2) is 8.98. The minimum atomic E-state index is -2.41. The number of carbonyl (C=O) groups is 1. The Labute approximate surface area is 134 Å². The molecular formula is C16H22F2N2OS. The molecule has 1 aromatic carbocycles. The molecule has 0 radical (unpaired) electrons. The molecule has 0 spiro atoms. The topological polar surface area (TPSA) is 41.1 Å². The largest absolute Gasteiger partial charge is 0.376 e. The van der Waals surface area contributed by atoms with Crippen molar-refractivity contribution < 1.29 is 13.6 Å². The molecule has 0 bridgehead atoms. The first-order chi connectivity index (χ1) is 10.6. The summed E-state index contributed by atoms with van der Waals surface area (Å²) in [4.78, 5) is 12.3. The third-order valence-corrected chi connectivity index (χ3v) is 4.57. The lowest BCUT2D eigenvalue weighted by molar-refractivity contribution is -0.119. The van der Waals surface area contributed by atoms with Gasteiger partial charge >= 0.3 is 0 Å². The van der Waals surface area contributed by atoms with E-state index in [1.807, 2.05) is 0 Å². The number of carbonyl (C=O) groups excluding carboxylic acids is 1. The maximum absolute atomic E-state index is 12.2. The lowest BCUT2D eigenvalue weighted by Crippen LogP contribution is -2.34. The summed E-state index contributed by atoms with van der Waals surface area (Å²) in [7, 11) is 0. The average molecular weight is 328 g/mol. The van der Waals surface area contributed by atoms with Gasteiger partial charge in [-0.05, 0) is 43.0 Å². The van der Waals surface area contributed by atoms with E-state index in [0.29, 0.717) is 22.6 Å². The maximum atomic E-state index is 12.2. The molecule has 0 aliphatic heterocycles. The monoisotopic (exact) mass is 328 g/mol. The highest BCUT2D eigenvalue weighted by molar-refractivity contribution is 7.99. The van der Waals surface area contributed by atoms with E-state index >= 15 is 0 Å². The second-order valence-corrected chi connectivity index (χ2v) is 6.63. The van der Waals surface area contributed by atoms with E-state index in [4.69, 9.17) is 0 Å². The number of thioether (sulfide) groups is 1. The number of amides is 1. The van der Waals surface area contributed by atoms with Gasteiger partial charge in [-0.25, -0.2) is 0 Å². The van der Waals surface area contributed by atoms with Crippen molar-refractivity contribution in [1.82, 2.24) is 5.32 Å². The SMILES string of the molecule is O=C(CNc1ccc(SC(F)F)cc1)NCC1CCCCC1. The summed E-state index contributed by atoms with van der Waals surface area (Å²) in [6.07, 6.45) is 6.25. The van der Waals surface area contributed by atoms with E-state index in [0.717, 1.165) is 12.2 Å². The summed E-state index contributed by atoms with van der Waals surface area (Å²) >= 11 is 0.515. The van der Waals surface area contributed by atoms with Gasteiger partial charge in [0.2, 0.25) is 5.91 Å². The van der Waals surface area contributed by atoms with E-state index in [9.17, 15) is 13.6 Å². The van der Waals surface area contributed by atoms with Crippen molar-refractivity contribution >= 4 is 23.4 Å². The van der Waals surface area contributed by atoms with Crippen LogP contribution < -0.4 is 10.6 Å². The van der Waals surface area contributed by atoms with E-state index < -0.39 is 5.76 Å². The molecule has 1 fully saturated rings. The van der Waals surface area contributed by atoms with Crippen molar-refractivity contribution in [3.8, 4) is 0 Å². The molecule has 0 saturated heterocycles. The summed E-state index contributed by atoms with van der Waals surface area (Å²) in [5.74, 6) is -1.83. The van der Waals surface area contributed by atoms with Crippen LogP contribution in [0, 0.1) is 5.92 Å². The van der Waals surface area contributed by atoms with E-state index in [-0.39, 0.29) is 12.5 Å². The molecule has 6 heteroatoms. The summed E-state index contributed by atoms with van der Waals surface area (Å²) in [5.41, 5.74) is 0.756. The molecule has 1 saturated carbocycles. The molecule has 0 heterocycles. The first kappa shape index (κ1) is 17.1. The predicted molar refractivity (Wildman–Crippen MR) is 86.4 cm³/mol. The van der Waals surface area contributed by atoms with Crippen molar-refractivity contribution in [2.45, 2.75) is 42.8 Å². The van der Waals surface area contributed by atoms with Crippen LogP contribution in [0.4, 0.5) is 14.5 Å². The van der Waals surface area contributed by atoms with Crippen molar-refractivity contribution in [3.63, 3.8) is 0 Å². The molecule has 22 heavy (non-hydrogen) atoms. The van der Waals surface area contributed by atoms with Crippen LogP contribution in [0.15, 0.2) is 29.2 Å². The first-order valence-electron chi connectivity index (χ1n) is 7.69. The summed E-state index contributed by atoms with van der Waals surface area (Å²) in [6, 6.07) is 6.66. The van der Waals surface area contributed by atoms with Crippen LogP contribution in [-0.2, 0) is 4.79 Å². The Bertz CT molecular complexity index is 462. The smallest absolute Gasteiger partial charge is 0.288 e. The lowest BCUT2D eigenvalue weighted by Gasteiger charge is -2.21. The molecule has 0 aromatic heterocycles. The van der Waals surface area contributed by atoms with Gasteiger partial charge in [-0.2, -0.15) is 8.78 Å². The van der Waals surface area contributed by atoms with Crippen LogP contribution >= 0.6 is 11.8 Å².